The van der Waals surface area contributed by atoms with Gasteiger partial charge in [0.25, 0.3) is 0 Å². The molecule has 2 heterocycles. The zero-order valence-electron chi connectivity index (χ0n) is 17.0. The molecule has 0 saturated carbocycles. The molecule has 1 aliphatic heterocycles. The van der Waals surface area contributed by atoms with E-state index in [0.29, 0.717) is 35.9 Å². The van der Waals surface area contributed by atoms with Crippen LogP contribution in [-0.4, -0.2) is 28.7 Å². The smallest absolute Gasteiger partial charge is 0.336 e. The van der Waals surface area contributed by atoms with Crippen LogP contribution in [0.2, 0.25) is 0 Å². The number of allylic oxidation sites excluding steroid dienone is 2. The van der Waals surface area contributed by atoms with Crippen molar-refractivity contribution in [1.82, 2.24) is 4.90 Å². The average molecular weight is 408 g/mol. The molecule has 1 saturated heterocycles. The van der Waals surface area contributed by atoms with Gasteiger partial charge in [0.15, 0.2) is 0 Å². The lowest BCUT2D eigenvalue weighted by Crippen LogP contribution is -2.48. The average Bonchev–Trinajstić information content (AvgIpc) is 2.97. The normalized spacial score (nSPS) is 21.9. The quantitative estimate of drug-likeness (QED) is 0.466. The van der Waals surface area contributed by atoms with Crippen LogP contribution >= 0.6 is 0 Å². The van der Waals surface area contributed by atoms with E-state index in [1.807, 2.05) is 26.0 Å². The second kappa shape index (κ2) is 7.89. The van der Waals surface area contributed by atoms with Crippen LogP contribution in [0.25, 0.3) is 11.0 Å². The summed E-state index contributed by atoms with van der Waals surface area (Å²) in [6, 6.07) is 7.00. The fraction of sp³-hybridized carbons (Fsp3) is 0.391. The maximum atomic E-state index is 13.2. The minimum absolute atomic E-state index is 0.119. The first-order valence-corrected chi connectivity index (χ1v) is 10.2. The molecule has 1 N–H and O–H groups in total. The molecule has 0 spiro atoms. The van der Waals surface area contributed by atoms with Gasteiger partial charge in [-0.1, -0.05) is 26.0 Å². The van der Waals surface area contributed by atoms with Crippen LogP contribution in [0.4, 0.5) is 5.69 Å². The van der Waals surface area contributed by atoms with Gasteiger partial charge in [0.2, 0.25) is 17.7 Å². The fourth-order valence-electron chi connectivity index (χ4n) is 4.28. The highest BCUT2D eigenvalue weighted by Crippen LogP contribution is 2.37. The van der Waals surface area contributed by atoms with Crippen molar-refractivity contribution in [2.24, 2.45) is 17.8 Å². The van der Waals surface area contributed by atoms with E-state index >= 15 is 0 Å². The number of likely N-dealkylation sites (tertiary alicyclic amines) is 1. The topological polar surface area (TPSA) is 96.7 Å². The van der Waals surface area contributed by atoms with Gasteiger partial charge in [0, 0.05) is 17.1 Å². The molecule has 3 amide bonds. The molecule has 0 unspecified atom stereocenters. The van der Waals surface area contributed by atoms with Crippen molar-refractivity contribution in [1.29, 1.82) is 0 Å². The third-order valence-electron chi connectivity index (χ3n) is 5.74. The summed E-state index contributed by atoms with van der Waals surface area (Å²) in [5, 5.41) is 3.50. The van der Waals surface area contributed by atoms with Crippen LogP contribution in [0, 0.1) is 17.8 Å². The summed E-state index contributed by atoms with van der Waals surface area (Å²) >= 11 is 0. The number of benzene rings is 1. The van der Waals surface area contributed by atoms with E-state index < -0.39 is 17.6 Å². The van der Waals surface area contributed by atoms with Gasteiger partial charge < -0.3 is 9.73 Å². The third kappa shape index (κ3) is 3.67. The van der Waals surface area contributed by atoms with E-state index in [1.54, 1.807) is 24.3 Å². The standard InChI is InChI=1S/C23H24N2O5/c1-13(2)11-18(25-22(28)16-5-3-4-6-17(16)23(25)29)21(27)24-15-8-9-19-14(12-15)7-10-20(26)30-19/h3-4,7-10,12-13,16-18H,5-6,11H2,1-2H3,(H,24,27)/t16-,17+,18-/m0/s1. The Balaban J connectivity index is 1.60. The van der Waals surface area contributed by atoms with Gasteiger partial charge in [-0.2, -0.15) is 0 Å². The molecule has 1 aliphatic carbocycles. The highest BCUT2D eigenvalue weighted by atomic mass is 16.4. The van der Waals surface area contributed by atoms with Gasteiger partial charge in [-0.25, -0.2) is 4.79 Å². The first kappa shape index (κ1) is 20.1. The molecule has 4 rings (SSSR count). The van der Waals surface area contributed by atoms with Crippen molar-refractivity contribution in [2.45, 2.75) is 39.2 Å². The van der Waals surface area contributed by atoms with Gasteiger partial charge in [-0.05, 0) is 49.4 Å². The first-order valence-electron chi connectivity index (χ1n) is 10.2. The van der Waals surface area contributed by atoms with Crippen molar-refractivity contribution in [3.63, 3.8) is 0 Å². The SMILES string of the molecule is CC(C)C[C@@H](C(=O)Nc1ccc2oc(=O)ccc2c1)N1C(=O)[C@H]2CC=CC[C@H]2C1=O. The summed E-state index contributed by atoms with van der Waals surface area (Å²) in [4.78, 5) is 51.7. The summed E-state index contributed by atoms with van der Waals surface area (Å²) in [6.07, 6.45) is 5.33. The first-order chi connectivity index (χ1) is 14.3. The number of carbonyl (C=O) groups excluding carboxylic acids is 3. The molecular weight excluding hydrogens is 384 g/mol. The van der Waals surface area contributed by atoms with Gasteiger partial charge in [-0.3, -0.25) is 19.3 Å². The summed E-state index contributed by atoms with van der Waals surface area (Å²) in [5.74, 6) is -1.52. The van der Waals surface area contributed by atoms with Crippen LogP contribution in [0.5, 0.6) is 0 Å². The highest BCUT2D eigenvalue weighted by molar-refractivity contribution is 6.10. The Morgan fingerprint density at radius 1 is 1.07 bits per heavy atom. The molecule has 0 radical (unpaired) electrons. The Labute approximate surface area is 173 Å². The Morgan fingerprint density at radius 2 is 1.73 bits per heavy atom. The number of fused-ring (bicyclic) bond motifs is 2. The van der Waals surface area contributed by atoms with Crippen LogP contribution in [-0.2, 0) is 14.4 Å². The zero-order valence-corrected chi connectivity index (χ0v) is 17.0. The molecule has 2 aromatic rings. The van der Waals surface area contributed by atoms with E-state index in [9.17, 15) is 19.2 Å². The summed E-state index contributed by atoms with van der Waals surface area (Å²) in [5.41, 5.74) is 0.479. The highest BCUT2D eigenvalue weighted by Gasteiger charge is 2.51. The summed E-state index contributed by atoms with van der Waals surface area (Å²) in [7, 11) is 0. The maximum absolute atomic E-state index is 13.2. The van der Waals surface area contributed by atoms with Gasteiger partial charge in [0.1, 0.15) is 11.6 Å². The second-order valence-electron chi connectivity index (χ2n) is 8.34. The number of amides is 3. The lowest BCUT2D eigenvalue weighted by atomic mass is 9.85. The molecule has 30 heavy (non-hydrogen) atoms. The number of nitrogens with one attached hydrogen (secondary N) is 1. The molecular formula is C23H24N2O5. The number of imide groups is 1. The van der Waals surface area contributed by atoms with Crippen LogP contribution in [0.3, 0.4) is 0 Å². The molecule has 2 aliphatic rings. The van der Waals surface area contributed by atoms with Crippen molar-refractivity contribution < 1.29 is 18.8 Å². The predicted octanol–water partition coefficient (Wildman–Crippen LogP) is 3.10. The number of carbonyl (C=O) groups is 3. The van der Waals surface area contributed by atoms with Gasteiger partial charge in [-0.15, -0.1) is 0 Å². The molecule has 1 fully saturated rings. The number of hydrogen-bond acceptors (Lipinski definition) is 5. The number of anilines is 1. The van der Waals surface area contributed by atoms with Gasteiger partial charge >= 0.3 is 5.63 Å². The van der Waals surface area contributed by atoms with E-state index in [2.05, 4.69) is 5.32 Å². The minimum Gasteiger partial charge on any atom is -0.423 e. The van der Waals surface area contributed by atoms with Crippen molar-refractivity contribution >= 4 is 34.4 Å². The van der Waals surface area contributed by atoms with E-state index in [-0.39, 0.29) is 29.6 Å². The van der Waals surface area contributed by atoms with Crippen molar-refractivity contribution in [2.75, 3.05) is 5.32 Å². The largest absolute Gasteiger partial charge is 0.423 e. The molecule has 7 heteroatoms. The van der Waals surface area contributed by atoms with E-state index in [4.69, 9.17) is 4.42 Å². The van der Waals surface area contributed by atoms with E-state index in [0.717, 1.165) is 0 Å². The second-order valence-corrected chi connectivity index (χ2v) is 8.34. The maximum Gasteiger partial charge on any atom is 0.336 e. The van der Waals surface area contributed by atoms with E-state index in [1.165, 1.54) is 11.0 Å². The molecule has 0 bridgehead atoms. The van der Waals surface area contributed by atoms with Crippen LogP contribution in [0.15, 0.2) is 51.7 Å². The minimum atomic E-state index is -0.861. The van der Waals surface area contributed by atoms with Gasteiger partial charge in [0.05, 0.1) is 11.8 Å². The molecule has 1 aromatic heterocycles. The number of nitrogens with zero attached hydrogens (tertiary/aromatic N) is 1. The predicted molar refractivity (Wildman–Crippen MR) is 112 cm³/mol. The lowest BCUT2D eigenvalue weighted by molar-refractivity contribution is -0.147. The van der Waals surface area contributed by atoms with Crippen LogP contribution < -0.4 is 10.9 Å². The molecule has 1 aromatic carbocycles. The Morgan fingerprint density at radius 3 is 2.37 bits per heavy atom. The van der Waals surface area contributed by atoms with Crippen molar-refractivity contribution in [3.05, 3.63) is 52.9 Å². The summed E-state index contributed by atoms with van der Waals surface area (Å²) < 4.78 is 5.11. The number of rotatable bonds is 5. The lowest BCUT2D eigenvalue weighted by Gasteiger charge is -2.27. The fourth-order valence-corrected chi connectivity index (χ4v) is 4.28. The Hall–Kier alpha value is -3.22. The Kier molecular flexibility index (Phi) is 5.28. The summed E-state index contributed by atoms with van der Waals surface area (Å²) in [6.45, 7) is 3.91. The molecule has 3 atom stereocenters. The molecule has 7 nitrogen and oxygen atoms in total. The Bertz CT molecular complexity index is 1070. The third-order valence-corrected chi connectivity index (χ3v) is 5.74. The van der Waals surface area contributed by atoms with Crippen LogP contribution in [0.1, 0.15) is 33.1 Å². The molecule has 156 valence electrons. The number of hydrogen-bond donors (Lipinski definition) is 1. The van der Waals surface area contributed by atoms with Crippen molar-refractivity contribution in [3.8, 4) is 0 Å². The monoisotopic (exact) mass is 408 g/mol. The zero-order chi connectivity index (χ0) is 21.4.